The highest BCUT2D eigenvalue weighted by atomic mass is 15.1. The van der Waals surface area contributed by atoms with Crippen molar-refractivity contribution in [1.29, 1.82) is 0 Å². The quantitative estimate of drug-likeness (QED) is 0.537. The summed E-state index contributed by atoms with van der Waals surface area (Å²) in [5.74, 6) is 0.628. The second-order valence-corrected chi connectivity index (χ2v) is 2.88. The molecule has 52 valence electrons. The predicted octanol–water partition coefficient (Wildman–Crippen LogP) is 1.53. The van der Waals surface area contributed by atoms with E-state index in [1.165, 1.54) is 24.1 Å². The van der Waals surface area contributed by atoms with Crippen LogP contribution in [-0.2, 0) is 6.42 Å². The molecule has 10 heavy (non-hydrogen) atoms. The molecule has 0 fully saturated rings. The Morgan fingerprint density at radius 2 is 2.50 bits per heavy atom. The smallest absolute Gasteiger partial charge is 0.0691 e. The normalized spacial score (nSPS) is 22.7. The summed E-state index contributed by atoms with van der Waals surface area (Å²) in [5, 5.41) is 7.95. The largest absolute Gasteiger partial charge is 0.159 e. The summed E-state index contributed by atoms with van der Waals surface area (Å²) in [6, 6.07) is 2.08. The van der Waals surface area contributed by atoms with Gasteiger partial charge in [-0.25, -0.2) is 0 Å². The molecule has 0 spiro atoms. The van der Waals surface area contributed by atoms with Crippen molar-refractivity contribution in [2.75, 3.05) is 0 Å². The molecule has 0 radical (unpaired) electrons. The number of rotatable bonds is 0. The number of fused-ring (bicyclic) bond motifs is 1. The van der Waals surface area contributed by atoms with E-state index in [0.29, 0.717) is 5.92 Å². The maximum Gasteiger partial charge on any atom is 0.0691 e. The lowest BCUT2D eigenvalue weighted by molar-refractivity contribution is 0.719. The molecule has 2 nitrogen and oxygen atoms in total. The van der Waals surface area contributed by atoms with Gasteiger partial charge in [0.1, 0.15) is 0 Å². The van der Waals surface area contributed by atoms with E-state index < -0.39 is 0 Å². The van der Waals surface area contributed by atoms with Crippen LogP contribution in [0, 0.1) is 0 Å². The highest BCUT2D eigenvalue weighted by Crippen LogP contribution is 2.29. The monoisotopic (exact) mass is 134 g/mol. The van der Waals surface area contributed by atoms with E-state index in [1.54, 1.807) is 6.20 Å². The van der Waals surface area contributed by atoms with Crippen LogP contribution >= 0.6 is 0 Å². The number of aromatic nitrogens is 2. The second-order valence-electron chi connectivity index (χ2n) is 2.88. The molecule has 1 aromatic heterocycles. The van der Waals surface area contributed by atoms with Gasteiger partial charge < -0.3 is 0 Å². The van der Waals surface area contributed by atoms with E-state index in [9.17, 15) is 0 Å². The second kappa shape index (κ2) is 2.04. The first-order chi connectivity index (χ1) is 4.88. The van der Waals surface area contributed by atoms with Crippen molar-refractivity contribution in [3.05, 3.63) is 23.5 Å². The van der Waals surface area contributed by atoms with Crippen LogP contribution < -0.4 is 0 Å². The molecule has 0 bridgehead atoms. The van der Waals surface area contributed by atoms with Crippen LogP contribution in [0.3, 0.4) is 0 Å². The zero-order valence-corrected chi connectivity index (χ0v) is 6.04. The van der Waals surface area contributed by atoms with Crippen molar-refractivity contribution in [2.24, 2.45) is 0 Å². The van der Waals surface area contributed by atoms with Gasteiger partial charge in [0.05, 0.1) is 5.69 Å². The summed E-state index contributed by atoms with van der Waals surface area (Å²) >= 11 is 0. The van der Waals surface area contributed by atoms with Gasteiger partial charge in [0.25, 0.3) is 0 Å². The van der Waals surface area contributed by atoms with Crippen molar-refractivity contribution < 1.29 is 0 Å². The average Bonchev–Trinajstić information content (AvgIpc) is 2.34. The third-order valence-corrected chi connectivity index (χ3v) is 2.15. The first-order valence-corrected chi connectivity index (χ1v) is 3.68. The standard InChI is InChI=1S/C8H10N2/c1-6-2-3-7-4-5-9-10-8(6)7/h4-6H,2-3H2,1H3. The van der Waals surface area contributed by atoms with Gasteiger partial charge in [0.2, 0.25) is 0 Å². The number of aryl methyl sites for hydroxylation is 1. The van der Waals surface area contributed by atoms with Crippen LogP contribution in [0.15, 0.2) is 12.3 Å². The molecule has 1 unspecified atom stereocenters. The summed E-state index contributed by atoms with van der Waals surface area (Å²) in [4.78, 5) is 0. The van der Waals surface area contributed by atoms with Gasteiger partial charge in [-0.15, -0.1) is 0 Å². The Balaban J connectivity index is 2.51. The van der Waals surface area contributed by atoms with E-state index in [0.717, 1.165) is 0 Å². The fraction of sp³-hybridized carbons (Fsp3) is 0.500. The Morgan fingerprint density at radius 1 is 1.60 bits per heavy atom. The zero-order chi connectivity index (χ0) is 6.97. The number of nitrogens with zero attached hydrogens (tertiary/aromatic N) is 2. The van der Waals surface area contributed by atoms with Gasteiger partial charge in [-0.3, -0.25) is 0 Å². The molecule has 0 amide bonds. The molecule has 1 aliphatic carbocycles. The van der Waals surface area contributed by atoms with Crippen LogP contribution in [0.2, 0.25) is 0 Å². The van der Waals surface area contributed by atoms with Crippen LogP contribution in [-0.4, -0.2) is 10.2 Å². The van der Waals surface area contributed by atoms with Gasteiger partial charge in [-0.2, -0.15) is 10.2 Å². The summed E-state index contributed by atoms with van der Waals surface area (Å²) < 4.78 is 0. The summed E-state index contributed by atoms with van der Waals surface area (Å²) in [5.41, 5.74) is 2.60. The molecule has 0 aromatic carbocycles. The van der Waals surface area contributed by atoms with Gasteiger partial charge in [0.15, 0.2) is 0 Å². The first-order valence-electron chi connectivity index (χ1n) is 3.68. The van der Waals surface area contributed by atoms with Crippen LogP contribution in [0.1, 0.15) is 30.5 Å². The van der Waals surface area contributed by atoms with Crippen molar-refractivity contribution in [3.8, 4) is 0 Å². The number of hydrogen-bond acceptors (Lipinski definition) is 2. The summed E-state index contributed by atoms with van der Waals surface area (Å²) in [7, 11) is 0. The molecular formula is C8H10N2. The number of hydrogen-bond donors (Lipinski definition) is 0. The van der Waals surface area contributed by atoms with Gasteiger partial charge in [-0.1, -0.05) is 6.92 Å². The van der Waals surface area contributed by atoms with E-state index in [-0.39, 0.29) is 0 Å². The first kappa shape index (κ1) is 5.83. The summed E-state index contributed by atoms with van der Waals surface area (Å²) in [6.07, 6.45) is 4.21. The Labute approximate surface area is 60.3 Å². The highest BCUT2D eigenvalue weighted by molar-refractivity contribution is 5.25. The molecule has 0 N–H and O–H groups in total. The topological polar surface area (TPSA) is 25.8 Å². The van der Waals surface area contributed by atoms with E-state index in [1.807, 2.05) is 0 Å². The lowest BCUT2D eigenvalue weighted by atomic mass is 10.1. The molecule has 2 rings (SSSR count). The SMILES string of the molecule is CC1CCc2ccnnc21. The van der Waals surface area contributed by atoms with E-state index >= 15 is 0 Å². The molecule has 0 saturated carbocycles. The van der Waals surface area contributed by atoms with Crippen LogP contribution in [0.4, 0.5) is 0 Å². The van der Waals surface area contributed by atoms with Gasteiger partial charge >= 0.3 is 0 Å². The minimum atomic E-state index is 0.628. The lowest BCUT2D eigenvalue weighted by Crippen LogP contribution is -1.92. The molecule has 1 aromatic rings. The van der Waals surface area contributed by atoms with Crippen LogP contribution in [0.25, 0.3) is 0 Å². The molecule has 1 heterocycles. The molecule has 0 aliphatic heterocycles. The van der Waals surface area contributed by atoms with E-state index in [4.69, 9.17) is 0 Å². The fourth-order valence-electron chi connectivity index (χ4n) is 1.50. The minimum absolute atomic E-state index is 0.628. The van der Waals surface area contributed by atoms with Crippen molar-refractivity contribution in [3.63, 3.8) is 0 Å². The van der Waals surface area contributed by atoms with E-state index in [2.05, 4.69) is 23.2 Å². The fourth-order valence-corrected chi connectivity index (χ4v) is 1.50. The Morgan fingerprint density at radius 3 is 3.30 bits per heavy atom. The highest BCUT2D eigenvalue weighted by Gasteiger charge is 2.19. The Kier molecular flexibility index (Phi) is 1.19. The van der Waals surface area contributed by atoms with Crippen molar-refractivity contribution in [1.82, 2.24) is 10.2 Å². The summed E-state index contributed by atoms with van der Waals surface area (Å²) in [6.45, 7) is 2.21. The maximum atomic E-state index is 4.09. The molecular weight excluding hydrogens is 124 g/mol. The predicted molar refractivity (Wildman–Crippen MR) is 38.8 cm³/mol. The molecule has 2 heteroatoms. The minimum Gasteiger partial charge on any atom is -0.159 e. The molecule has 1 atom stereocenters. The molecule has 0 saturated heterocycles. The zero-order valence-electron chi connectivity index (χ0n) is 6.04. The van der Waals surface area contributed by atoms with Crippen molar-refractivity contribution in [2.45, 2.75) is 25.7 Å². The maximum absolute atomic E-state index is 4.09. The third kappa shape index (κ3) is 0.719. The third-order valence-electron chi connectivity index (χ3n) is 2.15. The Bertz CT molecular complexity index is 245. The average molecular weight is 134 g/mol. The van der Waals surface area contributed by atoms with Crippen LogP contribution in [0.5, 0.6) is 0 Å². The lowest BCUT2D eigenvalue weighted by Gasteiger charge is -1.98. The van der Waals surface area contributed by atoms with Crippen molar-refractivity contribution >= 4 is 0 Å². The Hall–Kier alpha value is -0.920. The molecule has 1 aliphatic rings. The van der Waals surface area contributed by atoms with Gasteiger partial charge in [-0.05, 0) is 24.5 Å². The van der Waals surface area contributed by atoms with Gasteiger partial charge in [0, 0.05) is 12.1 Å².